The molecule has 5 nitrogen and oxygen atoms in total. The van der Waals surface area contributed by atoms with E-state index in [4.69, 9.17) is 0 Å². The maximum Gasteiger partial charge on any atom is 0.244 e. The summed E-state index contributed by atoms with van der Waals surface area (Å²) in [4.78, 5) is 26.0. The number of carbonyl (C=O) groups excluding carboxylic acids is 2. The van der Waals surface area contributed by atoms with E-state index in [0.717, 1.165) is 37.9 Å². The molecule has 126 valence electrons. The van der Waals surface area contributed by atoms with Gasteiger partial charge in [0.2, 0.25) is 11.8 Å². The Bertz CT molecular complexity index is 571. The number of halogens is 1. The van der Waals surface area contributed by atoms with E-state index >= 15 is 0 Å². The van der Waals surface area contributed by atoms with Gasteiger partial charge in [0.15, 0.2) is 0 Å². The first-order valence-electron chi connectivity index (χ1n) is 8.05. The number of likely N-dealkylation sites (tertiary alicyclic amines) is 1. The summed E-state index contributed by atoms with van der Waals surface area (Å²) < 4.78 is 13.2. The highest BCUT2D eigenvalue weighted by atomic mass is 19.1. The minimum atomic E-state index is -0.545. The maximum atomic E-state index is 13.2. The lowest BCUT2D eigenvalue weighted by atomic mass is 10.1. The highest BCUT2D eigenvalue weighted by Crippen LogP contribution is 2.15. The molecule has 0 spiro atoms. The predicted octanol–water partition coefficient (Wildman–Crippen LogP) is 2.06. The lowest BCUT2D eigenvalue weighted by Gasteiger charge is -2.29. The Morgan fingerprint density at radius 3 is 2.65 bits per heavy atom. The van der Waals surface area contributed by atoms with Crippen LogP contribution in [0.4, 0.5) is 10.1 Å². The van der Waals surface area contributed by atoms with Crippen molar-refractivity contribution in [1.82, 2.24) is 10.2 Å². The Labute approximate surface area is 136 Å². The Balaban J connectivity index is 1.81. The van der Waals surface area contributed by atoms with Crippen LogP contribution in [0.1, 0.15) is 31.7 Å². The summed E-state index contributed by atoms with van der Waals surface area (Å²) in [6, 6.07) is 3.83. The van der Waals surface area contributed by atoms with Crippen LogP contribution in [-0.2, 0) is 9.59 Å². The molecule has 1 saturated heterocycles. The Morgan fingerprint density at radius 1 is 1.26 bits per heavy atom. The van der Waals surface area contributed by atoms with Crippen LogP contribution >= 0.6 is 0 Å². The third-order valence-electron chi connectivity index (χ3n) is 4.05. The topological polar surface area (TPSA) is 61.4 Å². The second-order valence-corrected chi connectivity index (χ2v) is 5.99. The zero-order valence-corrected chi connectivity index (χ0v) is 13.7. The molecule has 1 fully saturated rings. The highest BCUT2D eigenvalue weighted by molar-refractivity contribution is 5.89. The minimum absolute atomic E-state index is 0.00190. The van der Waals surface area contributed by atoms with Gasteiger partial charge in [0.25, 0.3) is 0 Å². The van der Waals surface area contributed by atoms with Crippen molar-refractivity contribution in [3.63, 3.8) is 0 Å². The molecular formula is C17H24FN3O2. The van der Waals surface area contributed by atoms with Gasteiger partial charge in [-0.05, 0) is 50.8 Å². The normalized spacial score (nSPS) is 15.9. The average Bonchev–Trinajstić information content (AvgIpc) is 2.55. The molecule has 1 aliphatic rings. The van der Waals surface area contributed by atoms with E-state index in [-0.39, 0.29) is 24.2 Å². The van der Waals surface area contributed by atoms with Gasteiger partial charge in [0.1, 0.15) is 11.9 Å². The number of aryl methyl sites for hydroxylation is 1. The zero-order chi connectivity index (χ0) is 16.8. The van der Waals surface area contributed by atoms with Crippen LogP contribution in [0, 0.1) is 12.7 Å². The number of hydrogen-bond donors (Lipinski definition) is 2. The summed E-state index contributed by atoms with van der Waals surface area (Å²) in [6.07, 6.45) is 3.20. The van der Waals surface area contributed by atoms with E-state index in [1.165, 1.54) is 12.1 Å². The summed E-state index contributed by atoms with van der Waals surface area (Å²) >= 11 is 0. The third-order valence-corrected chi connectivity index (χ3v) is 4.05. The molecule has 1 aromatic carbocycles. The second-order valence-electron chi connectivity index (χ2n) is 5.99. The van der Waals surface area contributed by atoms with Crippen molar-refractivity contribution in [3.8, 4) is 0 Å². The summed E-state index contributed by atoms with van der Waals surface area (Å²) in [5, 5.41) is 5.60. The van der Waals surface area contributed by atoms with Crippen LogP contribution in [0.5, 0.6) is 0 Å². The first-order valence-corrected chi connectivity index (χ1v) is 8.05. The van der Waals surface area contributed by atoms with Gasteiger partial charge in [0, 0.05) is 18.8 Å². The molecule has 2 N–H and O–H groups in total. The number of rotatable bonds is 5. The molecule has 1 atom stereocenters. The molecule has 0 aliphatic carbocycles. The standard InChI is InChI=1S/C17H24FN3O2/c1-12-6-7-14(18)10-15(12)19-11-16(22)20-13(2)17(23)21-8-4-3-5-9-21/h6-7,10,13,19H,3-5,8-9,11H2,1-2H3,(H,20,22)/t13-/m1/s1. The number of amides is 2. The van der Waals surface area contributed by atoms with Gasteiger partial charge in [-0.25, -0.2) is 4.39 Å². The molecule has 2 rings (SSSR count). The van der Waals surface area contributed by atoms with Gasteiger partial charge in [0.05, 0.1) is 6.54 Å². The molecule has 0 saturated carbocycles. The molecular weight excluding hydrogens is 297 g/mol. The molecule has 1 aromatic rings. The number of anilines is 1. The summed E-state index contributed by atoms with van der Waals surface area (Å²) in [5.74, 6) is -0.682. The first-order chi connectivity index (χ1) is 11.0. The smallest absolute Gasteiger partial charge is 0.244 e. The van der Waals surface area contributed by atoms with Gasteiger partial charge < -0.3 is 15.5 Å². The quantitative estimate of drug-likeness (QED) is 0.873. The molecule has 1 heterocycles. The highest BCUT2D eigenvalue weighted by Gasteiger charge is 2.23. The van der Waals surface area contributed by atoms with Crippen molar-refractivity contribution in [2.45, 2.75) is 39.2 Å². The summed E-state index contributed by atoms with van der Waals surface area (Å²) in [5.41, 5.74) is 1.44. The average molecular weight is 321 g/mol. The van der Waals surface area contributed by atoms with Crippen LogP contribution in [0.25, 0.3) is 0 Å². The fourth-order valence-electron chi connectivity index (χ4n) is 2.70. The Morgan fingerprint density at radius 2 is 1.96 bits per heavy atom. The zero-order valence-electron chi connectivity index (χ0n) is 13.7. The number of piperidine rings is 1. The molecule has 23 heavy (non-hydrogen) atoms. The molecule has 2 amide bonds. The number of carbonyl (C=O) groups is 2. The van der Waals surface area contributed by atoms with E-state index < -0.39 is 6.04 Å². The minimum Gasteiger partial charge on any atom is -0.376 e. The molecule has 0 unspecified atom stereocenters. The molecule has 1 aliphatic heterocycles. The summed E-state index contributed by atoms with van der Waals surface area (Å²) in [7, 11) is 0. The van der Waals surface area contributed by atoms with Crippen molar-refractivity contribution in [3.05, 3.63) is 29.6 Å². The number of hydrogen-bond acceptors (Lipinski definition) is 3. The van der Waals surface area contributed by atoms with Gasteiger partial charge >= 0.3 is 0 Å². The third kappa shape index (κ3) is 4.94. The van der Waals surface area contributed by atoms with Gasteiger partial charge in [-0.1, -0.05) is 6.07 Å². The van der Waals surface area contributed by atoms with Gasteiger partial charge in [-0.3, -0.25) is 9.59 Å². The van der Waals surface area contributed by atoms with Crippen molar-refractivity contribution in [2.24, 2.45) is 0 Å². The van der Waals surface area contributed by atoms with Crippen LogP contribution in [0.3, 0.4) is 0 Å². The van der Waals surface area contributed by atoms with Crippen LogP contribution in [0.15, 0.2) is 18.2 Å². The van der Waals surface area contributed by atoms with Crippen molar-refractivity contribution in [1.29, 1.82) is 0 Å². The first kappa shape index (κ1) is 17.2. The Hall–Kier alpha value is -2.11. The fourth-order valence-corrected chi connectivity index (χ4v) is 2.70. The monoisotopic (exact) mass is 321 g/mol. The second kappa shape index (κ2) is 7.94. The van der Waals surface area contributed by atoms with Crippen molar-refractivity contribution < 1.29 is 14.0 Å². The molecule has 0 bridgehead atoms. The van der Waals surface area contributed by atoms with E-state index in [2.05, 4.69) is 10.6 Å². The SMILES string of the molecule is Cc1ccc(F)cc1NCC(=O)N[C@H](C)C(=O)N1CCCCC1. The van der Waals surface area contributed by atoms with E-state index in [0.29, 0.717) is 5.69 Å². The van der Waals surface area contributed by atoms with Crippen LogP contribution in [-0.4, -0.2) is 42.4 Å². The molecule has 6 heteroatoms. The van der Waals surface area contributed by atoms with Gasteiger partial charge in [-0.15, -0.1) is 0 Å². The number of benzene rings is 1. The van der Waals surface area contributed by atoms with Crippen molar-refractivity contribution >= 4 is 17.5 Å². The molecule has 0 radical (unpaired) electrons. The van der Waals surface area contributed by atoms with Crippen LogP contribution < -0.4 is 10.6 Å². The van der Waals surface area contributed by atoms with E-state index in [1.54, 1.807) is 17.9 Å². The van der Waals surface area contributed by atoms with E-state index in [1.807, 2.05) is 6.92 Å². The predicted molar refractivity (Wildman–Crippen MR) is 87.7 cm³/mol. The van der Waals surface area contributed by atoms with Crippen molar-refractivity contribution in [2.75, 3.05) is 25.0 Å². The summed E-state index contributed by atoms with van der Waals surface area (Å²) in [6.45, 7) is 5.06. The Kier molecular flexibility index (Phi) is 5.96. The maximum absolute atomic E-state index is 13.2. The van der Waals surface area contributed by atoms with E-state index in [9.17, 15) is 14.0 Å². The lowest BCUT2D eigenvalue weighted by Crippen LogP contribution is -2.49. The lowest BCUT2D eigenvalue weighted by molar-refractivity contribution is -0.136. The van der Waals surface area contributed by atoms with Gasteiger partial charge in [-0.2, -0.15) is 0 Å². The largest absolute Gasteiger partial charge is 0.376 e. The number of nitrogens with zero attached hydrogens (tertiary/aromatic N) is 1. The van der Waals surface area contributed by atoms with Crippen LogP contribution in [0.2, 0.25) is 0 Å². The fraction of sp³-hybridized carbons (Fsp3) is 0.529. The number of nitrogens with one attached hydrogen (secondary N) is 2. The molecule has 0 aromatic heterocycles.